The van der Waals surface area contributed by atoms with Crippen LogP contribution in [0.4, 0.5) is 0 Å². The van der Waals surface area contributed by atoms with Crippen LogP contribution in [-0.2, 0) is 28.8 Å². The first-order valence-corrected chi connectivity index (χ1v) is 20.5. The highest BCUT2D eigenvalue weighted by Crippen LogP contribution is 2.58. The second-order valence-electron chi connectivity index (χ2n) is 13.1. The Morgan fingerprint density at radius 2 is 1.08 bits per heavy atom. The number of fused-ring (bicyclic) bond motifs is 6. The van der Waals surface area contributed by atoms with Crippen LogP contribution in [0.2, 0.25) is 0 Å². The second kappa shape index (κ2) is 13.2. The fourth-order valence-electron chi connectivity index (χ4n) is 6.84. The van der Waals surface area contributed by atoms with Crippen LogP contribution in [0.15, 0.2) is 111 Å². The lowest BCUT2D eigenvalue weighted by atomic mass is 10.0. The number of hydrogen-bond donors (Lipinski definition) is 0. The molecule has 2 aliphatic heterocycles. The fraction of sp³-hybridized carbons (Fsp3) is 0.289. The molecule has 0 aliphatic carbocycles. The van der Waals surface area contributed by atoms with Crippen molar-refractivity contribution in [3.63, 3.8) is 0 Å². The van der Waals surface area contributed by atoms with Gasteiger partial charge in [-0.3, -0.25) is 9.13 Å². The van der Waals surface area contributed by atoms with Crippen molar-refractivity contribution in [3.05, 3.63) is 129 Å². The summed E-state index contributed by atoms with van der Waals surface area (Å²) in [7, 11) is -7.08. The number of para-hydroxylation sites is 2. The summed E-state index contributed by atoms with van der Waals surface area (Å²) in [5, 5.41) is 1.12. The maximum Gasteiger partial charge on any atom is 0.336 e. The molecule has 0 spiro atoms. The Labute approximate surface area is 289 Å². The summed E-state index contributed by atoms with van der Waals surface area (Å²) in [6.45, 7) is 5.38. The summed E-state index contributed by atoms with van der Waals surface area (Å²) in [6, 6.07) is 29.5. The van der Waals surface area contributed by atoms with E-state index in [-0.39, 0.29) is 38.1 Å². The van der Waals surface area contributed by atoms with Crippen molar-refractivity contribution in [1.29, 1.82) is 0 Å². The Morgan fingerprint density at radius 1 is 0.600 bits per heavy atom. The maximum atomic E-state index is 14.8. The Kier molecular flexibility index (Phi) is 8.96. The zero-order valence-electron chi connectivity index (χ0n) is 28.2. The molecule has 0 radical (unpaired) electrons. The Hall–Kier alpha value is -4.65. The van der Waals surface area contributed by atoms with Crippen molar-refractivity contribution in [2.75, 3.05) is 6.16 Å². The van der Waals surface area contributed by atoms with Crippen LogP contribution >= 0.6 is 14.7 Å². The molecule has 50 heavy (non-hydrogen) atoms. The molecule has 4 atom stereocenters. The summed E-state index contributed by atoms with van der Waals surface area (Å²) in [5.74, 6) is 0.967. The van der Waals surface area contributed by atoms with E-state index >= 15 is 0 Å². The van der Waals surface area contributed by atoms with Crippen LogP contribution in [0.3, 0.4) is 0 Å². The van der Waals surface area contributed by atoms with E-state index in [0.717, 1.165) is 36.0 Å². The largest absolute Gasteiger partial charge is 0.439 e. The van der Waals surface area contributed by atoms with Gasteiger partial charge in [0, 0.05) is 36.9 Å². The summed E-state index contributed by atoms with van der Waals surface area (Å²) >= 11 is 0. The first-order chi connectivity index (χ1) is 24.1. The van der Waals surface area contributed by atoms with Gasteiger partial charge in [-0.15, -0.1) is 0 Å². The van der Waals surface area contributed by atoms with Crippen molar-refractivity contribution < 1.29 is 18.2 Å². The quantitative estimate of drug-likeness (QED) is 0.156. The van der Waals surface area contributed by atoms with Gasteiger partial charge >= 0.3 is 17.1 Å². The molecule has 258 valence electrons. The molecule has 0 saturated carbocycles. The van der Waals surface area contributed by atoms with Gasteiger partial charge in [-0.05, 0) is 47.7 Å². The summed E-state index contributed by atoms with van der Waals surface area (Å²) in [4.78, 5) is 41.8. The fourth-order valence-corrected chi connectivity index (χ4v) is 11.6. The lowest BCUT2D eigenvalue weighted by Gasteiger charge is -2.32. The number of rotatable bonds is 10. The van der Waals surface area contributed by atoms with Crippen molar-refractivity contribution in [3.8, 4) is 33.8 Å². The molecule has 4 unspecified atom stereocenters. The summed E-state index contributed by atoms with van der Waals surface area (Å²) in [5.41, 5.74) is 0.193. The Balaban J connectivity index is 1.23. The number of aromatic nitrogens is 3. The van der Waals surface area contributed by atoms with Gasteiger partial charge in [0.15, 0.2) is 0 Å². The van der Waals surface area contributed by atoms with Gasteiger partial charge in [-0.25, -0.2) is 28.1 Å². The monoisotopic (exact) mass is 711 g/mol. The lowest BCUT2D eigenvalue weighted by molar-refractivity contribution is 0.382. The van der Waals surface area contributed by atoms with Crippen LogP contribution in [0.25, 0.3) is 22.3 Å². The van der Waals surface area contributed by atoms with Gasteiger partial charge in [0.1, 0.15) is 11.5 Å². The molecule has 7 rings (SSSR count). The van der Waals surface area contributed by atoms with Crippen molar-refractivity contribution in [2.45, 2.75) is 58.9 Å². The van der Waals surface area contributed by atoms with Crippen LogP contribution in [0.1, 0.15) is 33.6 Å². The Morgan fingerprint density at radius 3 is 1.70 bits per heavy atom. The van der Waals surface area contributed by atoms with E-state index < -0.39 is 37.5 Å². The highest BCUT2D eigenvalue weighted by atomic mass is 31.2. The lowest BCUT2D eigenvalue weighted by Crippen LogP contribution is -2.56. The molecule has 10 nitrogen and oxygen atoms in total. The van der Waals surface area contributed by atoms with Gasteiger partial charge < -0.3 is 9.05 Å². The number of benzene rings is 4. The van der Waals surface area contributed by atoms with Crippen LogP contribution in [0, 0.1) is 5.92 Å². The molecular weight excluding hydrogens is 672 g/mol. The standard InChI is InChI=1S/C38H39N3O7P2/c1-4-26(2)24-40-36(42)39(22-13-23-49(45)34-20-11-7-16-30(34)28-14-5-9-18-32(28)47-49)37(43)41(38(40)44)25-27(3)50(46)35-21-12-8-17-31(35)29-15-6-10-19-33(29)48-50/h5-12,14-21,26-27H,4,13,22-25H2,1-3H3. The predicted octanol–water partition coefficient (Wildman–Crippen LogP) is 6.32. The average molecular weight is 712 g/mol. The van der Waals surface area contributed by atoms with Gasteiger partial charge in [-0.1, -0.05) is 100.0 Å². The van der Waals surface area contributed by atoms with E-state index in [1.54, 1.807) is 43.3 Å². The molecule has 4 aromatic carbocycles. The zero-order chi connectivity index (χ0) is 35.2. The first kappa shape index (κ1) is 33.8. The molecule has 0 N–H and O–H groups in total. The van der Waals surface area contributed by atoms with Crippen molar-refractivity contribution in [1.82, 2.24) is 13.7 Å². The highest BCUT2D eigenvalue weighted by molar-refractivity contribution is 7.68. The third kappa shape index (κ3) is 5.74. The third-order valence-corrected chi connectivity index (χ3v) is 15.2. The molecule has 0 saturated heterocycles. The molecule has 0 fully saturated rings. The van der Waals surface area contributed by atoms with E-state index in [1.165, 1.54) is 0 Å². The van der Waals surface area contributed by atoms with E-state index in [9.17, 15) is 23.5 Å². The molecular formula is C38H39N3O7P2. The summed E-state index contributed by atoms with van der Waals surface area (Å²) < 4.78 is 44.7. The van der Waals surface area contributed by atoms with Gasteiger partial charge in [0.25, 0.3) is 14.7 Å². The summed E-state index contributed by atoms with van der Waals surface area (Å²) in [6.07, 6.45) is 0.957. The second-order valence-corrected chi connectivity index (χ2v) is 18.3. The van der Waals surface area contributed by atoms with Gasteiger partial charge in [0.2, 0.25) is 0 Å². The predicted molar refractivity (Wildman–Crippen MR) is 197 cm³/mol. The zero-order valence-corrected chi connectivity index (χ0v) is 30.0. The van der Waals surface area contributed by atoms with E-state index in [1.807, 2.05) is 74.5 Å². The molecule has 5 aromatic rings. The normalized spacial score (nSPS) is 19.9. The molecule has 1 aromatic heterocycles. The van der Waals surface area contributed by atoms with E-state index in [0.29, 0.717) is 28.5 Å². The average Bonchev–Trinajstić information content (AvgIpc) is 3.13. The molecule has 0 bridgehead atoms. The topological polar surface area (TPSA) is 119 Å². The number of nitrogens with zero attached hydrogens (tertiary/aromatic N) is 3. The third-order valence-electron chi connectivity index (χ3n) is 9.78. The van der Waals surface area contributed by atoms with Gasteiger partial charge in [-0.2, -0.15) is 0 Å². The van der Waals surface area contributed by atoms with Crippen LogP contribution in [-0.4, -0.2) is 25.5 Å². The smallest absolute Gasteiger partial charge is 0.336 e. The minimum Gasteiger partial charge on any atom is -0.439 e. The Bertz CT molecular complexity index is 2400. The number of hydrogen-bond acceptors (Lipinski definition) is 7. The molecule has 3 heterocycles. The first-order valence-electron chi connectivity index (χ1n) is 17.0. The molecule has 2 aliphatic rings. The molecule has 0 amide bonds. The minimum absolute atomic E-state index is 0.0244. The van der Waals surface area contributed by atoms with Crippen LogP contribution < -0.4 is 36.7 Å². The van der Waals surface area contributed by atoms with Crippen molar-refractivity contribution >= 4 is 25.3 Å². The molecule has 12 heteroatoms. The van der Waals surface area contributed by atoms with E-state index in [2.05, 4.69) is 0 Å². The van der Waals surface area contributed by atoms with Crippen molar-refractivity contribution in [2.24, 2.45) is 5.92 Å². The van der Waals surface area contributed by atoms with Crippen LogP contribution in [0.5, 0.6) is 11.5 Å². The highest BCUT2D eigenvalue weighted by Gasteiger charge is 2.41. The van der Waals surface area contributed by atoms with E-state index in [4.69, 9.17) is 9.05 Å². The maximum absolute atomic E-state index is 14.8. The SMILES string of the molecule is CCC(C)Cn1c(=O)n(CCCP2(=O)Oc3ccccc3-c3ccccc32)c(=O)n(CC(C)P2(=O)Oc3ccccc3-c3ccccc32)c1=O. The minimum atomic E-state index is -3.66. The van der Waals surface area contributed by atoms with Gasteiger partial charge in [0.05, 0.1) is 16.3 Å².